The molecule has 12 heteroatoms. The van der Waals surface area contributed by atoms with Gasteiger partial charge in [-0.05, 0) is 49.7 Å². The van der Waals surface area contributed by atoms with E-state index in [0.29, 0.717) is 57.1 Å². The first-order chi connectivity index (χ1) is 21.3. The van der Waals surface area contributed by atoms with E-state index in [1.165, 1.54) is 4.90 Å². The average Bonchev–Trinajstić information content (AvgIpc) is 3.60. The molecule has 5 aliphatic rings. The summed E-state index contributed by atoms with van der Waals surface area (Å²) >= 11 is 6.69. The summed E-state index contributed by atoms with van der Waals surface area (Å²) in [6, 6.07) is 11.5. The molecule has 2 bridgehead atoms. The second-order valence-corrected chi connectivity index (χ2v) is 13.4. The molecule has 4 saturated heterocycles. The molecular formula is C32H36ClFN6O4. The standard InChI is InChI=1S/C32H36ClFN6O4/c33-23-6-1-4-19-5-2-7-25(28(19)23)37-11-8-22-24(16-37)35-30(44-18-32-9-3-10-39(32)14-20(34)13-32)36-29(22)38-15-21-12-27(41)26(17-38)40(21)31(42)43/h1-2,4-7,20-21,26-27,41H,3,8-18H2,(H,42,43)/t20?,21-,26-,27-,32?/m1/s1. The van der Waals surface area contributed by atoms with E-state index >= 15 is 0 Å². The van der Waals surface area contributed by atoms with Crippen LogP contribution in [0.1, 0.15) is 36.9 Å². The predicted molar refractivity (Wildman–Crippen MR) is 165 cm³/mol. The maximum absolute atomic E-state index is 14.5. The third-order valence-corrected chi connectivity index (χ3v) is 10.8. The fourth-order valence-electron chi connectivity index (χ4n) is 8.51. The molecule has 0 spiro atoms. The summed E-state index contributed by atoms with van der Waals surface area (Å²) in [5.74, 6) is 0.741. The van der Waals surface area contributed by atoms with E-state index in [2.05, 4.69) is 32.9 Å². The molecule has 6 heterocycles. The minimum absolute atomic E-state index is 0.258. The van der Waals surface area contributed by atoms with Crippen molar-refractivity contribution in [3.63, 3.8) is 0 Å². The smallest absolute Gasteiger partial charge is 0.408 e. The molecule has 0 saturated carbocycles. The van der Waals surface area contributed by atoms with E-state index in [-0.39, 0.29) is 17.6 Å². The van der Waals surface area contributed by atoms with Gasteiger partial charge in [0.05, 0.1) is 41.0 Å². The lowest BCUT2D eigenvalue weighted by Gasteiger charge is -2.41. The number of hydrogen-bond acceptors (Lipinski definition) is 8. The number of carbonyl (C=O) groups is 1. The maximum Gasteiger partial charge on any atom is 0.408 e. The Kier molecular flexibility index (Phi) is 6.77. The monoisotopic (exact) mass is 622 g/mol. The van der Waals surface area contributed by atoms with Crippen LogP contribution in [0.2, 0.25) is 5.02 Å². The highest BCUT2D eigenvalue weighted by molar-refractivity contribution is 6.36. The van der Waals surface area contributed by atoms with Gasteiger partial charge in [0.1, 0.15) is 18.6 Å². The SMILES string of the molecule is O=C(O)N1[C@@H]2C[C@@H](O)[C@H]1CN(c1nc(OCC34CCCN3CC(F)C4)nc3c1CCN(c1cccc4cccc(Cl)c14)C3)C2. The molecule has 8 rings (SSSR count). The Labute approximate surface area is 260 Å². The Bertz CT molecular complexity index is 1620. The number of piperazine rings is 1. The van der Waals surface area contributed by atoms with Crippen molar-refractivity contribution in [3.05, 3.63) is 52.7 Å². The van der Waals surface area contributed by atoms with Crippen LogP contribution in [0.3, 0.4) is 0 Å². The molecule has 5 atom stereocenters. The summed E-state index contributed by atoms with van der Waals surface area (Å²) in [7, 11) is 0. The number of aliphatic hydroxyl groups is 1. The van der Waals surface area contributed by atoms with Gasteiger partial charge in [0.2, 0.25) is 0 Å². The molecule has 10 nitrogen and oxygen atoms in total. The van der Waals surface area contributed by atoms with Crippen molar-refractivity contribution in [1.29, 1.82) is 0 Å². The fourth-order valence-corrected chi connectivity index (χ4v) is 8.79. The Hall–Kier alpha value is -3.41. The number of benzene rings is 2. The van der Waals surface area contributed by atoms with Crippen LogP contribution < -0.4 is 14.5 Å². The van der Waals surface area contributed by atoms with Crippen molar-refractivity contribution < 1.29 is 24.1 Å². The van der Waals surface area contributed by atoms with Crippen molar-refractivity contribution in [2.45, 2.75) is 68.5 Å². The quantitative estimate of drug-likeness (QED) is 0.435. The number of fused-ring (bicyclic) bond motifs is 5. The number of carboxylic acid groups (broad SMARTS) is 1. The summed E-state index contributed by atoms with van der Waals surface area (Å²) in [6.45, 7) is 3.69. The zero-order valence-electron chi connectivity index (χ0n) is 24.4. The number of anilines is 2. The highest BCUT2D eigenvalue weighted by atomic mass is 35.5. The predicted octanol–water partition coefficient (Wildman–Crippen LogP) is 4.10. The molecule has 3 aromatic rings. The van der Waals surface area contributed by atoms with Gasteiger partial charge in [-0.15, -0.1) is 0 Å². The molecule has 0 radical (unpaired) electrons. The molecule has 2 unspecified atom stereocenters. The lowest BCUT2D eigenvalue weighted by Crippen LogP contribution is -2.57. The van der Waals surface area contributed by atoms with Crippen LogP contribution in [0.15, 0.2) is 36.4 Å². The molecule has 232 valence electrons. The van der Waals surface area contributed by atoms with E-state index in [4.69, 9.17) is 26.3 Å². The number of hydrogen-bond donors (Lipinski definition) is 2. The van der Waals surface area contributed by atoms with Crippen molar-refractivity contribution in [2.75, 3.05) is 49.1 Å². The molecule has 5 aliphatic heterocycles. The number of aliphatic hydroxyl groups excluding tert-OH is 1. The van der Waals surface area contributed by atoms with E-state index in [1.807, 2.05) is 18.2 Å². The fraction of sp³-hybridized carbons (Fsp3) is 0.531. The average molecular weight is 623 g/mol. The molecule has 4 fully saturated rings. The van der Waals surface area contributed by atoms with Crippen molar-refractivity contribution >= 4 is 40.0 Å². The van der Waals surface area contributed by atoms with E-state index in [0.717, 1.165) is 59.5 Å². The van der Waals surface area contributed by atoms with Gasteiger partial charge in [-0.1, -0.05) is 35.9 Å². The number of nitrogens with zero attached hydrogens (tertiary/aromatic N) is 6. The maximum atomic E-state index is 14.5. The van der Waals surface area contributed by atoms with Crippen LogP contribution in [0.5, 0.6) is 6.01 Å². The van der Waals surface area contributed by atoms with Crippen molar-refractivity contribution in [2.24, 2.45) is 0 Å². The third kappa shape index (κ3) is 4.54. The van der Waals surface area contributed by atoms with Crippen LogP contribution in [-0.4, -0.2) is 105 Å². The van der Waals surface area contributed by atoms with Gasteiger partial charge in [-0.3, -0.25) is 9.80 Å². The van der Waals surface area contributed by atoms with E-state index in [9.17, 15) is 19.4 Å². The van der Waals surface area contributed by atoms with Gasteiger partial charge in [-0.25, -0.2) is 9.18 Å². The zero-order chi connectivity index (χ0) is 30.2. The Morgan fingerprint density at radius 2 is 1.95 bits per heavy atom. The van der Waals surface area contributed by atoms with Gasteiger partial charge in [0.25, 0.3) is 0 Å². The second kappa shape index (κ2) is 10.6. The van der Waals surface area contributed by atoms with Crippen molar-refractivity contribution in [3.8, 4) is 6.01 Å². The third-order valence-electron chi connectivity index (χ3n) is 10.5. The lowest BCUT2D eigenvalue weighted by molar-refractivity contribution is 0.0865. The number of alkyl halides is 1. The largest absolute Gasteiger partial charge is 0.465 e. The van der Waals surface area contributed by atoms with Gasteiger partial charge in [0.15, 0.2) is 0 Å². The van der Waals surface area contributed by atoms with Crippen LogP contribution >= 0.6 is 11.6 Å². The minimum Gasteiger partial charge on any atom is -0.465 e. The highest BCUT2D eigenvalue weighted by Crippen LogP contribution is 2.42. The Morgan fingerprint density at radius 3 is 2.77 bits per heavy atom. The van der Waals surface area contributed by atoms with Crippen molar-refractivity contribution in [1.82, 2.24) is 19.8 Å². The summed E-state index contributed by atoms with van der Waals surface area (Å²) in [6.07, 6.45) is 0.882. The first-order valence-electron chi connectivity index (χ1n) is 15.6. The highest BCUT2D eigenvalue weighted by Gasteiger charge is 2.50. The molecule has 44 heavy (non-hydrogen) atoms. The number of aromatic nitrogens is 2. The summed E-state index contributed by atoms with van der Waals surface area (Å²) in [5, 5.41) is 23.3. The second-order valence-electron chi connectivity index (χ2n) is 13.0. The number of rotatable bonds is 5. The summed E-state index contributed by atoms with van der Waals surface area (Å²) < 4.78 is 20.8. The van der Waals surface area contributed by atoms with Gasteiger partial charge in [0, 0.05) is 49.2 Å². The molecular weight excluding hydrogens is 587 g/mol. The van der Waals surface area contributed by atoms with Crippen LogP contribution in [0.4, 0.5) is 20.7 Å². The summed E-state index contributed by atoms with van der Waals surface area (Å²) in [4.78, 5) is 29.9. The van der Waals surface area contributed by atoms with Crippen LogP contribution in [0, 0.1) is 0 Å². The number of halogens is 2. The number of amides is 1. The minimum atomic E-state index is -1.00. The van der Waals surface area contributed by atoms with Gasteiger partial charge >= 0.3 is 12.1 Å². The molecule has 1 amide bonds. The van der Waals surface area contributed by atoms with Crippen LogP contribution in [-0.2, 0) is 13.0 Å². The van der Waals surface area contributed by atoms with Gasteiger partial charge in [-0.2, -0.15) is 9.97 Å². The molecule has 0 aliphatic carbocycles. The molecule has 2 aromatic carbocycles. The normalized spacial score (nSPS) is 29.8. The first-order valence-corrected chi connectivity index (χ1v) is 16.0. The topological polar surface area (TPSA) is 105 Å². The molecule has 1 aromatic heterocycles. The van der Waals surface area contributed by atoms with Crippen LogP contribution in [0.25, 0.3) is 10.8 Å². The summed E-state index contributed by atoms with van der Waals surface area (Å²) in [5.41, 5.74) is 2.58. The van der Waals surface area contributed by atoms with Gasteiger partial charge < -0.3 is 24.7 Å². The van der Waals surface area contributed by atoms with E-state index < -0.39 is 24.4 Å². The number of ether oxygens (including phenoxy) is 1. The van der Waals surface area contributed by atoms with E-state index in [1.54, 1.807) is 0 Å². The Balaban J connectivity index is 1.15. The first kappa shape index (κ1) is 28.1. The zero-order valence-corrected chi connectivity index (χ0v) is 25.2. The lowest BCUT2D eigenvalue weighted by atomic mass is 9.95. The Morgan fingerprint density at radius 1 is 1.11 bits per heavy atom. The molecule has 2 N–H and O–H groups in total.